The lowest BCUT2D eigenvalue weighted by atomic mass is 9.94. The maximum Gasteiger partial charge on any atom is 0.410 e. The van der Waals surface area contributed by atoms with E-state index in [0.717, 1.165) is 43.6 Å². The molecule has 0 saturated carbocycles. The Kier molecular flexibility index (Phi) is 11.9. The highest BCUT2D eigenvalue weighted by Crippen LogP contribution is 2.27. The Morgan fingerprint density at radius 1 is 1.06 bits per heavy atom. The molecule has 4 amide bonds. The van der Waals surface area contributed by atoms with E-state index in [0.29, 0.717) is 49.1 Å². The summed E-state index contributed by atoms with van der Waals surface area (Å²) in [7, 11) is 1.66. The lowest BCUT2D eigenvalue weighted by molar-refractivity contribution is -0.139. The minimum atomic E-state index is -1.09. The standard InChI is InChI=1S/C35H44BrN5O7/c1-38(14-4-15-39-16-9-24(10-17-39)23-32(43)44)33(45)31(22-25-7-8-30(42)28(36)21-25)48-35(47)40-18-12-27(13-19-40)41-20-11-26-5-2-3-6-29(26)37-34(41)46/h2-8,15,21,24,27,31,42H,9-14,16-20,22-23H2,1H3,(H,37,46)(H,43,44)/b15-4+/t31-/m1/s1. The van der Waals surface area contributed by atoms with E-state index < -0.39 is 18.2 Å². The number of hydrogen-bond acceptors (Lipinski definition) is 7. The highest BCUT2D eigenvalue weighted by Gasteiger charge is 2.34. The highest BCUT2D eigenvalue weighted by atomic mass is 79.9. The number of phenolic OH excluding ortho intramolecular Hbond substituents is 1. The number of hydrogen-bond donors (Lipinski definition) is 3. The van der Waals surface area contributed by atoms with Crippen molar-refractivity contribution in [3.63, 3.8) is 0 Å². The topological polar surface area (TPSA) is 143 Å². The molecule has 2 fully saturated rings. The smallest absolute Gasteiger partial charge is 0.410 e. The molecule has 0 radical (unpaired) electrons. The molecule has 12 nitrogen and oxygen atoms in total. The Balaban J connectivity index is 1.17. The molecule has 2 aromatic carbocycles. The Labute approximate surface area is 289 Å². The second-order valence-corrected chi connectivity index (χ2v) is 13.6. The van der Waals surface area contributed by atoms with Gasteiger partial charge in [0.15, 0.2) is 6.10 Å². The van der Waals surface area contributed by atoms with Crippen molar-refractivity contribution in [3.8, 4) is 5.75 Å². The van der Waals surface area contributed by atoms with Gasteiger partial charge in [0, 0.05) is 70.9 Å². The number of ether oxygens (including phenoxy) is 1. The van der Waals surface area contributed by atoms with Gasteiger partial charge in [-0.15, -0.1) is 0 Å². The molecule has 2 saturated heterocycles. The summed E-state index contributed by atoms with van der Waals surface area (Å²) in [6, 6.07) is 12.6. The fourth-order valence-corrected chi connectivity index (χ4v) is 7.03. The molecule has 3 N–H and O–H groups in total. The SMILES string of the molecule is CN(C/C=C/N1CCC(CC(=O)O)CC1)C(=O)[C@@H](Cc1ccc(O)c(Br)c1)OC(=O)N1CCC(N2CCc3ccccc3NC2=O)CC1. The van der Waals surface area contributed by atoms with Crippen LogP contribution in [0.25, 0.3) is 0 Å². The van der Waals surface area contributed by atoms with Gasteiger partial charge < -0.3 is 39.9 Å². The number of nitrogens with one attached hydrogen (secondary N) is 1. The summed E-state index contributed by atoms with van der Waals surface area (Å²) in [5.74, 6) is -0.868. The summed E-state index contributed by atoms with van der Waals surface area (Å²) in [6.07, 6.45) is 6.03. The molecule has 2 aromatic rings. The maximum absolute atomic E-state index is 13.7. The fourth-order valence-electron chi connectivity index (χ4n) is 6.61. The number of aromatic hydroxyl groups is 1. The number of carboxylic acid groups (broad SMARTS) is 1. The zero-order valence-electron chi connectivity index (χ0n) is 27.2. The van der Waals surface area contributed by atoms with Crippen LogP contribution >= 0.6 is 15.9 Å². The van der Waals surface area contributed by atoms with E-state index in [4.69, 9.17) is 9.84 Å². The van der Waals surface area contributed by atoms with Gasteiger partial charge in [0.05, 0.1) is 4.47 Å². The molecule has 3 heterocycles. The number of benzene rings is 2. The van der Waals surface area contributed by atoms with E-state index in [1.165, 1.54) is 11.0 Å². The normalized spacial score (nSPS) is 18.2. The quantitative estimate of drug-likeness (QED) is 0.314. The highest BCUT2D eigenvalue weighted by molar-refractivity contribution is 9.10. The predicted octanol–water partition coefficient (Wildman–Crippen LogP) is 4.92. The largest absolute Gasteiger partial charge is 0.507 e. The molecule has 3 aliphatic heterocycles. The van der Waals surface area contributed by atoms with E-state index in [1.807, 2.05) is 41.4 Å². The number of nitrogens with zero attached hydrogens (tertiary/aromatic N) is 4. The van der Waals surface area contributed by atoms with Crippen molar-refractivity contribution >= 4 is 45.6 Å². The summed E-state index contributed by atoms with van der Waals surface area (Å²) in [4.78, 5) is 58.3. The molecule has 48 heavy (non-hydrogen) atoms. The van der Waals surface area contributed by atoms with Crippen LogP contribution in [0.4, 0.5) is 15.3 Å². The number of rotatable bonds is 10. The van der Waals surface area contributed by atoms with Crippen molar-refractivity contribution in [2.45, 2.75) is 57.1 Å². The predicted molar refractivity (Wildman–Crippen MR) is 184 cm³/mol. The monoisotopic (exact) mass is 725 g/mol. The van der Waals surface area contributed by atoms with Crippen molar-refractivity contribution in [1.29, 1.82) is 0 Å². The minimum Gasteiger partial charge on any atom is -0.507 e. The third kappa shape index (κ3) is 9.21. The zero-order valence-corrected chi connectivity index (χ0v) is 28.8. The van der Waals surface area contributed by atoms with Crippen molar-refractivity contribution in [3.05, 3.63) is 70.3 Å². The number of carbonyl (C=O) groups excluding carboxylic acids is 3. The molecule has 1 atom stereocenters. The van der Waals surface area contributed by atoms with E-state index >= 15 is 0 Å². The van der Waals surface area contributed by atoms with Crippen molar-refractivity contribution < 1.29 is 34.1 Å². The molecular weight excluding hydrogens is 682 g/mol. The van der Waals surface area contributed by atoms with Gasteiger partial charge in [-0.3, -0.25) is 9.59 Å². The number of piperidine rings is 2. The molecule has 13 heteroatoms. The van der Waals surface area contributed by atoms with Crippen LogP contribution in [0.5, 0.6) is 5.75 Å². The number of likely N-dealkylation sites (tertiary alicyclic amines) is 2. The molecule has 0 bridgehead atoms. The van der Waals surface area contributed by atoms with Gasteiger partial charge in [0.1, 0.15) is 5.75 Å². The Morgan fingerprint density at radius 2 is 1.79 bits per heavy atom. The van der Waals surface area contributed by atoms with Gasteiger partial charge in [-0.25, -0.2) is 9.59 Å². The number of carboxylic acids is 1. The molecular formula is C35H44BrN5O7. The summed E-state index contributed by atoms with van der Waals surface area (Å²) in [5.41, 5.74) is 2.65. The molecule has 0 aliphatic carbocycles. The number of aliphatic carboxylic acids is 1. The summed E-state index contributed by atoms with van der Waals surface area (Å²) in [6.45, 7) is 3.21. The van der Waals surface area contributed by atoms with E-state index in [1.54, 1.807) is 24.1 Å². The van der Waals surface area contributed by atoms with Crippen LogP contribution in [0.15, 0.2) is 59.2 Å². The number of urea groups is 1. The minimum absolute atomic E-state index is 0.0176. The van der Waals surface area contributed by atoms with E-state index in [9.17, 15) is 24.3 Å². The van der Waals surface area contributed by atoms with Crippen LogP contribution in [-0.2, 0) is 27.2 Å². The number of fused-ring (bicyclic) bond motifs is 1. The van der Waals surface area contributed by atoms with Gasteiger partial charge >= 0.3 is 18.1 Å². The lowest BCUT2D eigenvalue weighted by Gasteiger charge is -2.38. The lowest BCUT2D eigenvalue weighted by Crippen LogP contribution is -2.51. The average Bonchev–Trinajstić information content (AvgIpc) is 3.24. The third-order valence-electron chi connectivity index (χ3n) is 9.44. The number of likely N-dealkylation sites (N-methyl/N-ethyl adjacent to an activating group) is 1. The number of amides is 4. The number of carbonyl (C=O) groups is 4. The molecule has 258 valence electrons. The van der Waals surface area contributed by atoms with E-state index in [2.05, 4.69) is 26.1 Å². The summed E-state index contributed by atoms with van der Waals surface area (Å²) < 4.78 is 6.37. The maximum atomic E-state index is 13.7. The Hall–Kier alpha value is -4.26. The van der Waals surface area contributed by atoms with Crippen LogP contribution in [0.3, 0.4) is 0 Å². The second kappa shape index (κ2) is 16.2. The Bertz CT molecular complexity index is 1500. The molecule has 5 rings (SSSR count). The first kappa shape index (κ1) is 35.1. The number of phenols is 1. The van der Waals surface area contributed by atoms with E-state index in [-0.39, 0.29) is 42.5 Å². The molecule has 0 unspecified atom stereocenters. The van der Waals surface area contributed by atoms with Gasteiger partial charge in [0.25, 0.3) is 5.91 Å². The van der Waals surface area contributed by atoms with Crippen LogP contribution in [0, 0.1) is 5.92 Å². The van der Waals surface area contributed by atoms with Crippen LogP contribution in [0.2, 0.25) is 0 Å². The number of halogens is 1. The van der Waals surface area contributed by atoms with Gasteiger partial charge in [-0.1, -0.05) is 24.3 Å². The summed E-state index contributed by atoms with van der Waals surface area (Å²) >= 11 is 3.32. The average molecular weight is 727 g/mol. The van der Waals surface area contributed by atoms with Crippen molar-refractivity contribution in [2.75, 3.05) is 51.6 Å². The van der Waals surface area contributed by atoms with Crippen LogP contribution < -0.4 is 5.32 Å². The first-order chi connectivity index (χ1) is 23.1. The zero-order chi connectivity index (χ0) is 34.2. The molecule has 3 aliphatic rings. The molecule has 0 spiro atoms. The number of anilines is 1. The van der Waals surface area contributed by atoms with Crippen LogP contribution in [-0.4, -0.2) is 112 Å². The van der Waals surface area contributed by atoms with Gasteiger partial charge in [-0.05, 0) is 95.6 Å². The Morgan fingerprint density at radius 3 is 2.50 bits per heavy atom. The number of para-hydroxylation sites is 1. The van der Waals surface area contributed by atoms with Crippen molar-refractivity contribution in [2.24, 2.45) is 5.92 Å². The van der Waals surface area contributed by atoms with Gasteiger partial charge in [0.2, 0.25) is 0 Å². The second-order valence-electron chi connectivity index (χ2n) is 12.8. The van der Waals surface area contributed by atoms with Crippen molar-refractivity contribution in [1.82, 2.24) is 19.6 Å². The fraction of sp³-hybridized carbons (Fsp3) is 0.486. The van der Waals surface area contributed by atoms with Crippen LogP contribution in [0.1, 0.15) is 43.2 Å². The summed E-state index contributed by atoms with van der Waals surface area (Å²) in [5, 5.41) is 22.0. The first-order valence-corrected chi connectivity index (χ1v) is 17.3. The van der Waals surface area contributed by atoms with Gasteiger partial charge in [-0.2, -0.15) is 0 Å². The molecule has 0 aromatic heterocycles. The first-order valence-electron chi connectivity index (χ1n) is 16.5. The third-order valence-corrected chi connectivity index (χ3v) is 10.1.